The van der Waals surface area contributed by atoms with Crippen molar-refractivity contribution in [2.45, 2.75) is 13.8 Å². The monoisotopic (exact) mass is 478 g/mol. The first-order valence-electron chi connectivity index (χ1n) is 11.5. The van der Waals surface area contributed by atoms with Crippen LogP contribution in [0.2, 0.25) is 0 Å². The third-order valence-corrected chi connectivity index (χ3v) is 6.20. The van der Waals surface area contributed by atoms with Crippen LogP contribution in [-0.4, -0.2) is 35.0 Å². The van der Waals surface area contributed by atoms with Crippen LogP contribution in [0.1, 0.15) is 21.6 Å². The number of pyridine rings is 1. The Labute approximate surface area is 209 Å². The Balaban J connectivity index is 1.76. The predicted octanol–water partition coefficient (Wildman–Crippen LogP) is 6.24. The molecule has 0 aliphatic heterocycles. The van der Waals surface area contributed by atoms with Crippen LogP contribution in [0.25, 0.3) is 27.7 Å². The number of fused-ring (bicyclic) bond motifs is 1. The number of hydrogen-bond acceptors (Lipinski definition) is 6. The molecule has 0 radical (unpaired) electrons. The van der Waals surface area contributed by atoms with E-state index in [9.17, 15) is 4.79 Å². The number of nitrogens with zero attached hydrogens (tertiary/aromatic N) is 3. The fourth-order valence-electron chi connectivity index (χ4n) is 4.43. The van der Waals surface area contributed by atoms with Crippen LogP contribution in [0.15, 0.2) is 79.0 Å². The molecule has 3 aromatic carbocycles. The molecule has 0 saturated heterocycles. The highest BCUT2D eigenvalue weighted by Gasteiger charge is 2.22. The van der Waals surface area contributed by atoms with Crippen molar-refractivity contribution in [1.29, 1.82) is 0 Å². The summed E-state index contributed by atoms with van der Waals surface area (Å²) in [7, 11) is 3.03. The second-order valence-electron chi connectivity index (χ2n) is 8.41. The molecular formula is C29H26N4O3. The van der Waals surface area contributed by atoms with Crippen LogP contribution >= 0.6 is 0 Å². The maximum Gasteiger partial charge on any atom is 0.339 e. The fraction of sp³-hybridized carbons (Fsp3) is 0.138. The van der Waals surface area contributed by atoms with Crippen molar-refractivity contribution in [3.8, 4) is 22.6 Å². The van der Waals surface area contributed by atoms with Gasteiger partial charge in [-0.15, -0.1) is 0 Å². The van der Waals surface area contributed by atoms with Gasteiger partial charge < -0.3 is 14.8 Å². The molecule has 7 heteroatoms. The molecule has 36 heavy (non-hydrogen) atoms. The molecule has 0 aliphatic carbocycles. The number of nitrogens with one attached hydrogen (secondary N) is 1. The summed E-state index contributed by atoms with van der Waals surface area (Å²) in [5.41, 5.74) is 6.59. The minimum absolute atomic E-state index is 0.417. The molecule has 180 valence electrons. The van der Waals surface area contributed by atoms with Gasteiger partial charge in [-0.3, -0.25) is 4.98 Å². The second kappa shape index (κ2) is 9.54. The Morgan fingerprint density at radius 1 is 0.944 bits per heavy atom. The second-order valence-corrected chi connectivity index (χ2v) is 8.41. The van der Waals surface area contributed by atoms with Crippen molar-refractivity contribution in [3.63, 3.8) is 0 Å². The normalized spacial score (nSPS) is 10.9. The summed E-state index contributed by atoms with van der Waals surface area (Å²) in [6, 6.07) is 23.2. The van der Waals surface area contributed by atoms with E-state index in [-0.39, 0.29) is 0 Å². The first-order valence-corrected chi connectivity index (χ1v) is 11.5. The molecule has 0 unspecified atom stereocenters. The topological polar surface area (TPSA) is 78.3 Å². The molecule has 0 fully saturated rings. The number of para-hydroxylation sites is 2. The van der Waals surface area contributed by atoms with E-state index in [0.717, 1.165) is 50.5 Å². The van der Waals surface area contributed by atoms with Crippen molar-refractivity contribution >= 4 is 28.4 Å². The number of methoxy groups -OCH3 is 2. The number of esters is 1. The third kappa shape index (κ3) is 4.05. The summed E-state index contributed by atoms with van der Waals surface area (Å²) < 4.78 is 12.5. The van der Waals surface area contributed by atoms with Gasteiger partial charge in [0, 0.05) is 17.1 Å². The number of benzene rings is 3. The summed E-state index contributed by atoms with van der Waals surface area (Å²) in [6.45, 7) is 4.02. The minimum Gasteiger partial charge on any atom is -0.496 e. The maximum atomic E-state index is 12.5. The Kier molecular flexibility index (Phi) is 6.12. The minimum atomic E-state index is -0.417. The van der Waals surface area contributed by atoms with Crippen molar-refractivity contribution in [3.05, 3.63) is 95.8 Å². The number of carbonyl (C=O) groups excluding carboxylic acids is 1. The number of aromatic nitrogens is 3. The smallest absolute Gasteiger partial charge is 0.339 e. The summed E-state index contributed by atoms with van der Waals surface area (Å²) in [5.74, 6) is 1.07. The first-order chi connectivity index (χ1) is 17.5. The van der Waals surface area contributed by atoms with Gasteiger partial charge in [0.25, 0.3) is 0 Å². The molecule has 2 heterocycles. The number of hydrogen-bond donors (Lipinski definition) is 1. The van der Waals surface area contributed by atoms with E-state index in [2.05, 4.69) is 16.4 Å². The summed E-state index contributed by atoms with van der Waals surface area (Å²) in [6.07, 6.45) is 1.74. The van der Waals surface area contributed by atoms with Gasteiger partial charge >= 0.3 is 5.97 Å². The number of carbonyl (C=O) groups is 1. The van der Waals surface area contributed by atoms with Gasteiger partial charge in [0.05, 0.1) is 42.4 Å². The molecule has 0 aliphatic rings. The van der Waals surface area contributed by atoms with Gasteiger partial charge in [0.1, 0.15) is 11.6 Å². The molecule has 0 atom stereocenters. The SMILES string of the molecule is COC(=O)c1ccccc1Nc1c(-c2ccc3nccc(OC)c3c2)c(C)nn1-c1ccccc1C. The van der Waals surface area contributed by atoms with Crippen LogP contribution in [-0.2, 0) is 4.74 Å². The largest absolute Gasteiger partial charge is 0.496 e. The van der Waals surface area contributed by atoms with E-state index in [1.54, 1.807) is 19.4 Å². The standard InChI is InChI=1S/C29H26N4O3/c1-18-9-5-8-12-25(18)33-28(31-24-11-7-6-10-21(24)29(34)36-4)27(19(2)32-33)20-13-14-23-22(17-20)26(35-3)15-16-30-23/h5-17,31H,1-4H3. The summed E-state index contributed by atoms with van der Waals surface area (Å²) in [5, 5.41) is 9.33. The number of rotatable bonds is 6. The molecule has 7 nitrogen and oxygen atoms in total. The average molecular weight is 479 g/mol. The fourth-order valence-corrected chi connectivity index (χ4v) is 4.43. The zero-order chi connectivity index (χ0) is 25.2. The highest BCUT2D eigenvalue weighted by Crippen LogP contribution is 2.38. The van der Waals surface area contributed by atoms with Crippen LogP contribution < -0.4 is 10.1 Å². The zero-order valence-electron chi connectivity index (χ0n) is 20.6. The molecular weight excluding hydrogens is 452 g/mol. The molecule has 0 bridgehead atoms. The first kappa shape index (κ1) is 23.1. The Bertz CT molecular complexity index is 1590. The van der Waals surface area contributed by atoms with Gasteiger partial charge in [0.2, 0.25) is 0 Å². The van der Waals surface area contributed by atoms with E-state index in [1.165, 1.54) is 7.11 Å². The number of ether oxygens (including phenoxy) is 2. The lowest BCUT2D eigenvalue weighted by Crippen LogP contribution is -2.09. The van der Waals surface area contributed by atoms with Gasteiger partial charge in [-0.2, -0.15) is 5.10 Å². The van der Waals surface area contributed by atoms with Gasteiger partial charge in [-0.25, -0.2) is 9.48 Å². The van der Waals surface area contributed by atoms with E-state index < -0.39 is 5.97 Å². The Morgan fingerprint density at radius 3 is 2.50 bits per heavy atom. The lowest BCUT2D eigenvalue weighted by Gasteiger charge is -2.16. The highest BCUT2D eigenvalue weighted by molar-refractivity contribution is 5.98. The molecule has 0 amide bonds. The van der Waals surface area contributed by atoms with Crippen LogP contribution in [0, 0.1) is 13.8 Å². The number of aryl methyl sites for hydroxylation is 2. The Hall–Kier alpha value is -4.65. The van der Waals surface area contributed by atoms with E-state index >= 15 is 0 Å². The highest BCUT2D eigenvalue weighted by atomic mass is 16.5. The zero-order valence-corrected chi connectivity index (χ0v) is 20.6. The summed E-state index contributed by atoms with van der Waals surface area (Å²) in [4.78, 5) is 17.0. The van der Waals surface area contributed by atoms with Gasteiger partial charge in [0.15, 0.2) is 0 Å². The lowest BCUT2D eigenvalue weighted by atomic mass is 10.0. The summed E-state index contributed by atoms with van der Waals surface area (Å²) >= 11 is 0. The molecule has 2 aromatic heterocycles. The van der Waals surface area contributed by atoms with Crippen molar-refractivity contribution in [2.24, 2.45) is 0 Å². The quantitative estimate of drug-likeness (QED) is 0.291. The Morgan fingerprint density at radius 2 is 1.72 bits per heavy atom. The molecule has 5 rings (SSSR count). The molecule has 1 N–H and O–H groups in total. The van der Waals surface area contributed by atoms with Crippen molar-refractivity contribution in [1.82, 2.24) is 14.8 Å². The van der Waals surface area contributed by atoms with E-state index in [1.807, 2.05) is 79.2 Å². The van der Waals surface area contributed by atoms with Gasteiger partial charge in [-0.1, -0.05) is 36.4 Å². The third-order valence-electron chi connectivity index (χ3n) is 6.20. The van der Waals surface area contributed by atoms with Gasteiger partial charge in [-0.05, 0) is 61.4 Å². The molecule has 0 spiro atoms. The molecule has 5 aromatic rings. The lowest BCUT2D eigenvalue weighted by molar-refractivity contribution is 0.0602. The van der Waals surface area contributed by atoms with Crippen LogP contribution in [0.5, 0.6) is 5.75 Å². The average Bonchev–Trinajstić information content (AvgIpc) is 3.23. The van der Waals surface area contributed by atoms with Crippen molar-refractivity contribution in [2.75, 3.05) is 19.5 Å². The van der Waals surface area contributed by atoms with E-state index in [4.69, 9.17) is 14.6 Å². The number of anilines is 2. The predicted molar refractivity (Wildman–Crippen MR) is 141 cm³/mol. The van der Waals surface area contributed by atoms with Crippen molar-refractivity contribution < 1.29 is 14.3 Å². The van der Waals surface area contributed by atoms with Crippen LogP contribution in [0.3, 0.4) is 0 Å². The molecule has 0 saturated carbocycles. The van der Waals surface area contributed by atoms with Crippen LogP contribution in [0.4, 0.5) is 11.5 Å². The van der Waals surface area contributed by atoms with E-state index in [0.29, 0.717) is 11.3 Å². The maximum absolute atomic E-state index is 12.5.